The Morgan fingerprint density at radius 2 is 2.07 bits per heavy atom. The third kappa shape index (κ3) is 1.48. The number of hydrogen-bond donors (Lipinski definition) is 1. The summed E-state index contributed by atoms with van der Waals surface area (Å²) < 4.78 is 0. The van der Waals surface area contributed by atoms with Gasteiger partial charge in [0.15, 0.2) is 0 Å². The summed E-state index contributed by atoms with van der Waals surface area (Å²) in [4.78, 5) is 10.8. The van der Waals surface area contributed by atoms with Crippen LogP contribution in [-0.4, -0.2) is 11.9 Å². The van der Waals surface area contributed by atoms with Crippen LogP contribution in [0.3, 0.4) is 0 Å². The van der Waals surface area contributed by atoms with Crippen LogP contribution in [0, 0.1) is 0 Å². The van der Waals surface area contributed by atoms with Gasteiger partial charge in [0.25, 0.3) is 0 Å². The monoisotopic (exact) mass is 185 g/mol. The van der Waals surface area contributed by atoms with Crippen LogP contribution in [0.2, 0.25) is 0 Å². The predicted octanol–water partition coefficient (Wildman–Crippen LogP) is 1.74. The molecule has 0 spiro atoms. The molecule has 0 radical (unpaired) electrons. The Labute approximate surface area is 82.9 Å². The summed E-state index contributed by atoms with van der Waals surface area (Å²) in [5.74, 6) is 0.0960. The van der Waals surface area contributed by atoms with E-state index in [0.29, 0.717) is 6.42 Å². The molecule has 1 atom stereocenters. The first-order valence-corrected chi connectivity index (χ1v) is 4.56. The molecule has 1 aliphatic rings. The summed E-state index contributed by atoms with van der Waals surface area (Å²) in [5, 5.41) is 2.81. The first-order chi connectivity index (χ1) is 6.81. The first kappa shape index (κ1) is 8.79. The van der Waals surface area contributed by atoms with Crippen molar-refractivity contribution < 1.29 is 4.79 Å². The average Bonchev–Trinajstić information content (AvgIpc) is 2.18. The van der Waals surface area contributed by atoms with Crippen LogP contribution in [0.4, 0.5) is 0 Å². The maximum Gasteiger partial charge on any atom is 0.222 e. The van der Waals surface area contributed by atoms with Crippen molar-refractivity contribution in [3.63, 3.8) is 0 Å². The van der Waals surface area contributed by atoms with E-state index in [2.05, 4.69) is 17.6 Å². The van der Waals surface area contributed by atoms with Crippen molar-refractivity contribution in [2.24, 2.45) is 0 Å². The van der Waals surface area contributed by atoms with Gasteiger partial charge in [-0.3, -0.25) is 4.79 Å². The van der Waals surface area contributed by atoms with Crippen LogP contribution in [0.15, 0.2) is 42.6 Å². The van der Waals surface area contributed by atoms with Gasteiger partial charge in [-0.25, -0.2) is 0 Å². The minimum atomic E-state index is 0.0960. The molecular formula is C12H11NO. The SMILES string of the molecule is C=C=C(c1ccccc1)C1CC(=O)N1. The fourth-order valence-corrected chi connectivity index (χ4v) is 1.58. The maximum atomic E-state index is 10.8. The molecule has 1 aromatic carbocycles. The van der Waals surface area contributed by atoms with Gasteiger partial charge in [0.2, 0.25) is 5.91 Å². The number of nitrogens with one attached hydrogen (secondary N) is 1. The van der Waals surface area contributed by atoms with Crippen molar-refractivity contribution in [3.05, 3.63) is 48.2 Å². The molecule has 1 unspecified atom stereocenters. The second-order valence-electron chi connectivity index (χ2n) is 3.28. The normalized spacial score (nSPS) is 19.1. The summed E-state index contributed by atoms with van der Waals surface area (Å²) in [6, 6.07) is 9.99. The summed E-state index contributed by atoms with van der Waals surface area (Å²) in [7, 11) is 0. The van der Waals surface area contributed by atoms with Crippen molar-refractivity contribution in [1.82, 2.24) is 5.32 Å². The standard InChI is InChI=1S/C12H11NO/c1-2-10(11-8-12(14)13-11)9-6-4-3-5-7-9/h3-7,11H,1,8H2,(H,13,14). The maximum absolute atomic E-state index is 10.8. The van der Waals surface area contributed by atoms with Crippen LogP contribution >= 0.6 is 0 Å². The predicted molar refractivity (Wildman–Crippen MR) is 55.5 cm³/mol. The zero-order chi connectivity index (χ0) is 9.97. The van der Waals surface area contributed by atoms with Gasteiger partial charge >= 0.3 is 0 Å². The van der Waals surface area contributed by atoms with Gasteiger partial charge in [-0.05, 0) is 5.56 Å². The van der Waals surface area contributed by atoms with Gasteiger partial charge in [0.05, 0.1) is 12.5 Å². The van der Waals surface area contributed by atoms with Crippen LogP contribution < -0.4 is 5.32 Å². The van der Waals surface area contributed by atoms with Gasteiger partial charge in [0.1, 0.15) is 0 Å². The van der Waals surface area contributed by atoms with Crippen molar-refractivity contribution in [3.8, 4) is 0 Å². The van der Waals surface area contributed by atoms with E-state index < -0.39 is 0 Å². The molecule has 0 bridgehead atoms. The quantitative estimate of drug-likeness (QED) is 0.552. The van der Waals surface area contributed by atoms with E-state index in [0.717, 1.165) is 11.1 Å². The molecule has 0 aromatic heterocycles. The summed E-state index contributed by atoms with van der Waals surface area (Å²) in [6.07, 6.45) is 0.548. The van der Waals surface area contributed by atoms with Gasteiger partial charge in [-0.2, -0.15) is 0 Å². The van der Waals surface area contributed by atoms with Gasteiger partial charge in [0, 0.05) is 5.57 Å². The molecule has 2 rings (SSSR count). The third-order valence-corrected chi connectivity index (χ3v) is 2.35. The molecule has 70 valence electrons. The summed E-state index contributed by atoms with van der Waals surface area (Å²) in [5.41, 5.74) is 4.95. The summed E-state index contributed by atoms with van der Waals surface area (Å²) >= 11 is 0. The molecule has 14 heavy (non-hydrogen) atoms. The van der Waals surface area contributed by atoms with Crippen molar-refractivity contribution in [2.75, 3.05) is 0 Å². The lowest BCUT2D eigenvalue weighted by molar-refractivity contribution is -0.126. The summed E-state index contributed by atoms with van der Waals surface area (Å²) in [6.45, 7) is 3.65. The van der Waals surface area contributed by atoms with Crippen molar-refractivity contribution >= 4 is 11.5 Å². The Kier molecular flexibility index (Phi) is 2.21. The van der Waals surface area contributed by atoms with E-state index in [1.54, 1.807) is 0 Å². The lowest BCUT2D eigenvalue weighted by Crippen LogP contribution is -2.48. The third-order valence-electron chi connectivity index (χ3n) is 2.35. The number of hydrogen-bond acceptors (Lipinski definition) is 1. The fraction of sp³-hybridized carbons (Fsp3) is 0.167. The Morgan fingerprint density at radius 1 is 1.43 bits per heavy atom. The molecule has 2 nitrogen and oxygen atoms in total. The van der Waals surface area contributed by atoms with Crippen molar-refractivity contribution in [1.29, 1.82) is 0 Å². The molecule has 1 heterocycles. The van der Waals surface area contributed by atoms with Crippen LogP contribution in [0.1, 0.15) is 12.0 Å². The molecule has 1 fully saturated rings. The lowest BCUT2D eigenvalue weighted by atomic mass is 9.92. The molecule has 1 amide bonds. The highest BCUT2D eigenvalue weighted by atomic mass is 16.2. The van der Waals surface area contributed by atoms with E-state index >= 15 is 0 Å². The molecule has 1 N–H and O–H groups in total. The molecule has 2 heteroatoms. The number of carbonyl (C=O) groups is 1. The molecule has 1 saturated heterocycles. The molecule has 1 aliphatic heterocycles. The largest absolute Gasteiger partial charge is 0.348 e. The molecular weight excluding hydrogens is 174 g/mol. The number of carbonyl (C=O) groups excluding carboxylic acids is 1. The van der Waals surface area contributed by atoms with E-state index in [4.69, 9.17) is 0 Å². The molecule has 0 aliphatic carbocycles. The number of benzene rings is 1. The zero-order valence-corrected chi connectivity index (χ0v) is 7.79. The highest BCUT2D eigenvalue weighted by molar-refractivity contribution is 5.90. The minimum Gasteiger partial charge on any atom is -0.348 e. The zero-order valence-electron chi connectivity index (χ0n) is 7.79. The molecule has 0 saturated carbocycles. The Hall–Kier alpha value is -1.79. The lowest BCUT2D eigenvalue weighted by Gasteiger charge is -2.28. The van der Waals surface area contributed by atoms with E-state index in [1.165, 1.54) is 0 Å². The number of β-lactam (4-membered cyclic amide) rings is 1. The minimum absolute atomic E-state index is 0.0960. The first-order valence-electron chi connectivity index (χ1n) is 4.56. The highest BCUT2D eigenvalue weighted by Gasteiger charge is 2.28. The Morgan fingerprint density at radius 3 is 2.57 bits per heavy atom. The number of amides is 1. The van der Waals surface area contributed by atoms with Crippen LogP contribution in [0.25, 0.3) is 5.57 Å². The van der Waals surface area contributed by atoms with Crippen LogP contribution in [-0.2, 0) is 4.79 Å². The van der Waals surface area contributed by atoms with Crippen molar-refractivity contribution in [2.45, 2.75) is 12.5 Å². The average molecular weight is 185 g/mol. The highest BCUT2D eigenvalue weighted by Crippen LogP contribution is 2.23. The fourth-order valence-electron chi connectivity index (χ4n) is 1.58. The molecule has 1 aromatic rings. The Balaban J connectivity index is 2.24. The Bertz CT molecular complexity index is 394. The van der Waals surface area contributed by atoms with Gasteiger partial charge in [-0.1, -0.05) is 36.9 Å². The topological polar surface area (TPSA) is 29.1 Å². The van der Waals surface area contributed by atoms with Crippen LogP contribution in [0.5, 0.6) is 0 Å². The van der Waals surface area contributed by atoms with Gasteiger partial charge < -0.3 is 5.32 Å². The van der Waals surface area contributed by atoms with E-state index in [1.807, 2.05) is 30.3 Å². The second kappa shape index (κ2) is 3.52. The van der Waals surface area contributed by atoms with E-state index in [9.17, 15) is 4.79 Å². The smallest absolute Gasteiger partial charge is 0.222 e. The van der Waals surface area contributed by atoms with E-state index in [-0.39, 0.29) is 11.9 Å². The number of rotatable bonds is 2. The van der Waals surface area contributed by atoms with Gasteiger partial charge in [-0.15, -0.1) is 5.73 Å². The second-order valence-corrected chi connectivity index (χ2v) is 3.28.